The van der Waals surface area contributed by atoms with Crippen molar-refractivity contribution in [1.29, 1.82) is 0 Å². The Kier molecular flexibility index (Phi) is 7.54. The lowest BCUT2D eigenvalue weighted by molar-refractivity contribution is 0.0929. The van der Waals surface area contributed by atoms with Gasteiger partial charge in [-0.3, -0.25) is 19.0 Å². The van der Waals surface area contributed by atoms with Crippen molar-refractivity contribution >= 4 is 56.4 Å². The van der Waals surface area contributed by atoms with E-state index < -0.39 is 0 Å². The molecule has 2 N–H and O–H groups in total. The highest BCUT2D eigenvalue weighted by atomic mass is 35.5. The van der Waals surface area contributed by atoms with Gasteiger partial charge in [-0.1, -0.05) is 48.5 Å². The van der Waals surface area contributed by atoms with Gasteiger partial charge in [-0.2, -0.15) is 0 Å². The number of rotatable bonds is 6. The molecule has 0 atom stereocenters. The molecule has 1 fully saturated rings. The molecule has 0 radical (unpaired) electrons. The first-order valence-electron chi connectivity index (χ1n) is 11.3. The predicted molar refractivity (Wildman–Crippen MR) is 142 cm³/mol. The van der Waals surface area contributed by atoms with E-state index in [2.05, 4.69) is 10.6 Å². The highest BCUT2D eigenvalue weighted by molar-refractivity contribution is 7.22. The number of hydrogen-bond donors (Lipinski definition) is 2. The number of ether oxygens (including phenoxy) is 1. The summed E-state index contributed by atoms with van der Waals surface area (Å²) in [7, 11) is 1.47. The Labute approximate surface area is 212 Å². The molecule has 9 heteroatoms. The second kappa shape index (κ2) is 10.6. The number of pyridine rings is 1. The molecule has 182 valence electrons. The molecule has 2 aromatic heterocycles. The van der Waals surface area contributed by atoms with E-state index in [-0.39, 0.29) is 48.0 Å². The number of Topliss-reactive ketones (excluding diaryl/α,β-unsaturated/α-hetero) is 1. The van der Waals surface area contributed by atoms with E-state index >= 15 is 0 Å². The lowest BCUT2D eigenvalue weighted by Crippen LogP contribution is -2.42. The summed E-state index contributed by atoms with van der Waals surface area (Å²) in [6.07, 6.45) is 1.71. The Hall–Kier alpha value is -3.20. The number of carbonyl (C=O) groups excluding carboxylic acids is 2. The standard InChI is InChI=1S/C26H25N3O4S.ClH/c1-33-22-21-23(34-24(22)25(31)28-17-11-13-27-14-12-17)18-9-5-6-10-19(18)29(26(21)32)15-20(30)16-7-3-2-4-8-16;/h2-10,17,27H,11-15H2,1H3,(H,28,31);1H. The molecule has 0 bridgehead atoms. The van der Waals surface area contributed by atoms with Crippen molar-refractivity contribution in [3.8, 4) is 5.75 Å². The third kappa shape index (κ3) is 4.69. The number of aromatic nitrogens is 1. The van der Waals surface area contributed by atoms with Crippen LogP contribution in [0.3, 0.4) is 0 Å². The van der Waals surface area contributed by atoms with Gasteiger partial charge in [-0.15, -0.1) is 23.7 Å². The van der Waals surface area contributed by atoms with Crippen LogP contribution in [0.4, 0.5) is 0 Å². The molecule has 0 unspecified atom stereocenters. The van der Waals surface area contributed by atoms with Crippen molar-refractivity contribution in [2.75, 3.05) is 20.2 Å². The van der Waals surface area contributed by atoms with Gasteiger partial charge < -0.3 is 15.4 Å². The number of methoxy groups -OCH3 is 1. The number of benzene rings is 2. The van der Waals surface area contributed by atoms with E-state index in [0.29, 0.717) is 26.0 Å². The fourth-order valence-corrected chi connectivity index (χ4v) is 5.72. The molecular formula is C26H26ClN3O4S. The van der Waals surface area contributed by atoms with Crippen LogP contribution in [-0.2, 0) is 6.54 Å². The molecule has 3 heterocycles. The van der Waals surface area contributed by atoms with Crippen molar-refractivity contribution in [1.82, 2.24) is 15.2 Å². The highest BCUT2D eigenvalue weighted by Crippen LogP contribution is 2.39. The maximum absolute atomic E-state index is 13.7. The lowest BCUT2D eigenvalue weighted by atomic mass is 10.1. The number of thiophene rings is 1. The van der Waals surface area contributed by atoms with Crippen molar-refractivity contribution in [2.24, 2.45) is 0 Å². The average molecular weight is 512 g/mol. The number of halogens is 1. The Morgan fingerprint density at radius 1 is 1.09 bits per heavy atom. The van der Waals surface area contributed by atoms with Gasteiger partial charge in [0.1, 0.15) is 10.3 Å². The monoisotopic (exact) mass is 511 g/mol. The van der Waals surface area contributed by atoms with Crippen molar-refractivity contribution in [3.63, 3.8) is 0 Å². The molecule has 2 aromatic carbocycles. The van der Waals surface area contributed by atoms with Crippen molar-refractivity contribution in [2.45, 2.75) is 25.4 Å². The molecule has 35 heavy (non-hydrogen) atoms. The van der Waals surface area contributed by atoms with Crippen LogP contribution in [0, 0.1) is 0 Å². The van der Waals surface area contributed by atoms with E-state index in [4.69, 9.17) is 4.74 Å². The van der Waals surface area contributed by atoms with Crippen LogP contribution >= 0.6 is 23.7 Å². The fraction of sp³-hybridized carbons (Fsp3) is 0.269. The summed E-state index contributed by atoms with van der Waals surface area (Å²) >= 11 is 1.26. The number of para-hydroxylation sites is 1. The molecular weight excluding hydrogens is 486 g/mol. The Bertz CT molecular complexity index is 1440. The number of ketones is 1. The smallest absolute Gasteiger partial charge is 0.265 e. The van der Waals surface area contributed by atoms with Gasteiger partial charge in [0, 0.05) is 17.0 Å². The SMILES string of the molecule is COc1c(C(=O)NC2CCNCC2)sc2c1c(=O)n(CC(=O)c1ccccc1)c1ccccc21.Cl. The van der Waals surface area contributed by atoms with Crippen LogP contribution < -0.4 is 20.9 Å². The summed E-state index contributed by atoms with van der Waals surface area (Å²) in [5, 5.41) is 7.53. The fourth-order valence-electron chi connectivity index (χ4n) is 4.52. The van der Waals surface area contributed by atoms with Crippen LogP contribution in [0.5, 0.6) is 5.75 Å². The first-order valence-corrected chi connectivity index (χ1v) is 12.1. The number of amides is 1. The molecule has 1 aliphatic heterocycles. The van der Waals surface area contributed by atoms with Crippen LogP contribution in [0.15, 0.2) is 59.4 Å². The minimum atomic E-state index is -0.341. The van der Waals surface area contributed by atoms with Gasteiger partial charge in [0.05, 0.1) is 23.9 Å². The zero-order valence-electron chi connectivity index (χ0n) is 19.2. The second-order valence-corrected chi connectivity index (χ2v) is 9.38. The zero-order valence-corrected chi connectivity index (χ0v) is 20.8. The lowest BCUT2D eigenvalue weighted by Gasteiger charge is -2.23. The summed E-state index contributed by atoms with van der Waals surface area (Å²) in [6.45, 7) is 1.62. The maximum Gasteiger partial charge on any atom is 0.265 e. The number of fused-ring (bicyclic) bond motifs is 3. The molecule has 0 aliphatic carbocycles. The topological polar surface area (TPSA) is 89.4 Å². The Balaban J connectivity index is 0.00000289. The summed E-state index contributed by atoms with van der Waals surface area (Å²) < 4.78 is 7.80. The summed E-state index contributed by atoms with van der Waals surface area (Å²) in [6, 6.07) is 16.5. The van der Waals surface area contributed by atoms with Gasteiger partial charge in [0.25, 0.3) is 11.5 Å². The summed E-state index contributed by atoms with van der Waals surface area (Å²) in [4.78, 5) is 40.3. The number of hydrogen-bond acceptors (Lipinski definition) is 6. The highest BCUT2D eigenvalue weighted by Gasteiger charge is 2.27. The van der Waals surface area contributed by atoms with Gasteiger partial charge in [-0.05, 0) is 32.0 Å². The molecule has 5 rings (SSSR count). The van der Waals surface area contributed by atoms with E-state index in [0.717, 1.165) is 31.3 Å². The Morgan fingerprint density at radius 3 is 2.49 bits per heavy atom. The van der Waals surface area contributed by atoms with Gasteiger partial charge in [0.15, 0.2) is 11.5 Å². The summed E-state index contributed by atoms with van der Waals surface area (Å²) in [5.41, 5.74) is 0.850. The molecule has 0 saturated carbocycles. The number of nitrogens with zero attached hydrogens (tertiary/aromatic N) is 1. The van der Waals surface area contributed by atoms with Crippen LogP contribution in [0.2, 0.25) is 0 Å². The van der Waals surface area contributed by atoms with Gasteiger partial charge in [-0.25, -0.2) is 0 Å². The quantitative estimate of drug-likeness (QED) is 0.382. The van der Waals surface area contributed by atoms with Crippen LogP contribution in [0.1, 0.15) is 32.9 Å². The Morgan fingerprint density at radius 2 is 1.77 bits per heavy atom. The predicted octanol–water partition coefficient (Wildman–Crippen LogP) is 4.01. The second-order valence-electron chi connectivity index (χ2n) is 8.36. The molecule has 1 amide bonds. The third-order valence-electron chi connectivity index (χ3n) is 6.25. The number of piperidine rings is 1. The largest absolute Gasteiger partial charge is 0.494 e. The van der Waals surface area contributed by atoms with Crippen LogP contribution in [-0.4, -0.2) is 42.5 Å². The van der Waals surface area contributed by atoms with Gasteiger partial charge >= 0.3 is 0 Å². The number of nitrogens with one attached hydrogen (secondary N) is 2. The first-order chi connectivity index (χ1) is 16.6. The zero-order chi connectivity index (χ0) is 23.7. The third-order valence-corrected chi connectivity index (χ3v) is 7.45. The summed E-state index contributed by atoms with van der Waals surface area (Å²) in [5.74, 6) is -0.131. The van der Waals surface area contributed by atoms with E-state index in [1.807, 2.05) is 30.3 Å². The van der Waals surface area contributed by atoms with Gasteiger partial charge in [0.2, 0.25) is 0 Å². The van der Waals surface area contributed by atoms with E-state index in [1.54, 1.807) is 24.3 Å². The average Bonchev–Trinajstić information content (AvgIpc) is 3.28. The minimum absolute atomic E-state index is 0. The normalized spacial score (nSPS) is 14.0. The van der Waals surface area contributed by atoms with Crippen molar-refractivity contribution in [3.05, 3.63) is 75.4 Å². The minimum Gasteiger partial charge on any atom is -0.494 e. The van der Waals surface area contributed by atoms with Crippen LogP contribution in [0.25, 0.3) is 21.0 Å². The molecule has 0 spiro atoms. The molecule has 1 saturated heterocycles. The molecule has 7 nitrogen and oxygen atoms in total. The number of carbonyl (C=O) groups is 2. The molecule has 1 aliphatic rings. The van der Waals surface area contributed by atoms with E-state index in [1.165, 1.54) is 23.0 Å². The molecule has 4 aromatic rings. The van der Waals surface area contributed by atoms with Crippen molar-refractivity contribution < 1.29 is 14.3 Å². The maximum atomic E-state index is 13.7. The first kappa shape index (κ1) is 24.9. The van der Waals surface area contributed by atoms with E-state index in [9.17, 15) is 14.4 Å².